The molecule has 10 aromatic carbocycles. The van der Waals surface area contributed by atoms with Crippen LogP contribution in [-0.2, 0) is 21.7 Å². The summed E-state index contributed by atoms with van der Waals surface area (Å²) in [6.45, 7) is 27.8. The Morgan fingerprint density at radius 2 is 0.639 bits per heavy atom. The average Bonchev–Trinajstić information content (AvgIpc) is 3.73. The molecule has 0 unspecified atom stereocenters. The fourth-order valence-corrected chi connectivity index (χ4v) is 12.3. The van der Waals surface area contributed by atoms with Crippen molar-refractivity contribution in [2.75, 3.05) is 9.80 Å². The van der Waals surface area contributed by atoms with Gasteiger partial charge in [-0.05, 0) is 163 Å². The third kappa shape index (κ3) is 7.12. The van der Waals surface area contributed by atoms with E-state index in [0.717, 1.165) is 22.7 Å². The van der Waals surface area contributed by atoms with Gasteiger partial charge in [0, 0.05) is 44.4 Å². The topological polar surface area (TPSA) is 6.48 Å². The lowest BCUT2D eigenvalue weighted by Gasteiger charge is -2.32. The van der Waals surface area contributed by atoms with Crippen LogP contribution in [0.1, 0.15) is 114 Å². The quantitative estimate of drug-likeness (QED) is 0.153. The number of rotatable bonds is 6. The molecule has 0 fully saturated rings. The Labute approximate surface area is 427 Å². The zero-order chi connectivity index (χ0) is 50.2. The van der Waals surface area contributed by atoms with E-state index < -0.39 is 0 Å². The van der Waals surface area contributed by atoms with Crippen LogP contribution in [0.15, 0.2) is 182 Å². The van der Waals surface area contributed by atoms with Gasteiger partial charge in [0.1, 0.15) is 0 Å². The molecule has 0 heterocycles. The predicted molar refractivity (Wildman–Crippen MR) is 310 cm³/mol. The largest absolute Gasteiger partial charge is 0.310 e. The first-order chi connectivity index (χ1) is 34.3. The van der Waals surface area contributed by atoms with Crippen molar-refractivity contribution in [1.29, 1.82) is 0 Å². The summed E-state index contributed by atoms with van der Waals surface area (Å²) in [6.07, 6.45) is 0. The summed E-state index contributed by atoms with van der Waals surface area (Å²) in [6, 6.07) is 70.1. The fraction of sp³-hybridized carbons (Fsp3) is 0.229. The summed E-state index contributed by atoms with van der Waals surface area (Å²) < 4.78 is 0. The maximum Gasteiger partial charge on any atom is 0.0546 e. The van der Waals surface area contributed by atoms with E-state index in [1.165, 1.54) is 110 Å². The van der Waals surface area contributed by atoms with E-state index in [-0.39, 0.29) is 21.7 Å². The van der Waals surface area contributed by atoms with Gasteiger partial charge < -0.3 is 9.80 Å². The van der Waals surface area contributed by atoms with Crippen molar-refractivity contribution in [3.05, 3.63) is 226 Å². The second-order valence-electron chi connectivity index (χ2n) is 24.1. The summed E-state index contributed by atoms with van der Waals surface area (Å²) in [5, 5.41) is 7.39. The minimum absolute atomic E-state index is 0.0257. The molecule has 10 aromatic rings. The van der Waals surface area contributed by atoms with E-state index in [1.807, 2.05) is 0 Å². The van der Waals surface area contributed by atoms with Gasteiger partial charge in [-0.1, -0.05) is 202 Å². The monoisotopic (exact) mass is 935 g/mol. The lowest BCUT2D eigenvalue weighted by molar-refractivity contribution is 0.590. The minimum Gasteiger partial charge on any atom is -0.310 e. The van der Waals surface area contributed by atoms with Crippen molar-refractivity contribution < 1.29 is 0 Å². The molecule has 2 aliphatic carbocycles. The van der Waals surface area contributed by atoms with Crippen LogP contribution in [0, 0.1) is 13.8 Å². The number of benzene rings is 10. The zero-order valence-corrected chi connectivity index (χ0v) is 44.2. The summed E-state index contributed by atoms with van der Waals surface area (Å²) in [5.74, 6) is 0. The van der Waals surface area contributed by atoms with Crippen LogP contribution < -0.4 is 9.80 Å². The molecular formula is C70H66N2. The van der Waals surface area contributed by atoms with E-state index in [1.54, 1.807) is 0 Å². The molecule has 356 valence electrons. The van der Waals surface area contributed by atoms with Gasteiger partial charge in [-0.25, -0.2) is 0 Å². The first-order valence-corrected chi connectivity index (χ1v) is 26.0. The van der Waals surface area contributed by atoms with Gasteiger partial charge in [-0.3, -0.25) is 0 Å². The first-order valence-electron chi connectivity index (χ1n) is 26.0. The maximum absolute atomic E-state index is 2.53. The third-order valence-corrected chi connectivity index (χ3v) is 16.5. The Morgan fingerprint density at radius 1 is 0.306 bits per heavy atom. The van der Waals surface area contributed by atoms with E-state index in [4.69, 9.17) is 0 Å². The Morgan fingerprint density at radius 3 is 1.01 bits per heavy atom. The normalized spacial score (nSPS) is 14.3. The molecule has 0 aromatic heterocycles. The molecule has 0 amide bonds. The van der Waals surface area contributed by atoms with Crippen molar-refractivity contribution in [1.82, 2.24) is 0 Å². The van der Waals surface area contributed by atoms with Crippen molar-refractivity contribution >= 4 is 66.4 Å². The second-order valence-corrected chi connectivity index (χ2v) is 24.1. The average molecular weight is 935 g/mol. The van der Waals surface area contributed by atoms with Crippen LogP contribution in [0.5, 0.6) is 0 Å². The van der Waals surface area contributed by atoms with Crippen molar-refractivity contribution in [3.8, 4) is 22.3 Å². The lowest BCUT2D eigenvalue weighted by Crippen LogP contribution is -2.17. The third-order valence-electron chi connectivity index (χ3n) is 16.5. The Balaban J connectivity index is 1.14. The predicted octanol–water partition coefficient (Wildman–Crippen LogP) is 19.9. The standard InChI is InChI=1S/C70H66N2/c1-43-21-33-55-57(37-43)59-41-66(72(48-29-25-46(26-30-48)68(6,7)8)50-32-36-54-52-18-14-16-20-62(52)70(11,12)64(54)40-50)56-34-22-44(2)38-58(56)60(59)42-65(55)71(47-27-23-45(24-28-47)67(3,4)5)49-31-35-53-51-17-13-15-19-61(51)69(9,10)63(53)39-49/h13-42H,1-12H3. The molecule has 0 saturated heterocycles. The molecule has 0 N–H and O–H groups in total. The highest BCUT2D eigenvalue weighted by atomic mass is 15.2. The summed E-state index contributed by atoms with van der Waals surface area (Å²) >= 11 is 0. The number of hydrogen-bond acceptors (Lipinski definition) is 2. The van der Waals surface area contributed by atoms with Crippen molar-refractivity contribution in [2.24, 2.45) is 0 Å². The van der Waals surface area contributed by atoms with E-state index in [2.05, 4.69) is 275 Å². The van der Waals surface area contributed by atoms with Crippen LogP contribution in [0.2, 0.25) is 0 Å². The van der Waals surface area contributed by atoms with Crippen LogP contribution in [-0.4, -0.2) is 0 Å². The van der Waals surface area contributed by atoms with Crippen molar-refractivity contribution in [3.63, 3.8) is 0 Å². The van der Waals surface area contributed by atoms with E-state index >= 15 is 0 Å². The van der Waals surface area contributed by atoms with Gasteiger partial charge in [-0.2, -0.15) is 0 Å². The highest BCUT2D eigenvalue weighted by Crippen LogP contribution is 2.54. The molecule has 2 heteroatoms. The number of anilines is 6. The molecule has 12 rings (SSSR count). The number of aryl methyl sites for hydroxylation is 2. The fourth-order valence-electron chi connectivity index (χ4n) is 12.3. The first kappa shape index (κ1) is 45.7. The zero-order valence-electron chi connectivity index (χ0n) is 44.2. The van der Waals surface area contributed by atoms with Gasteiger partial charge in [-0.15, -0.1) is 0 Å². The highest BCUT2D eigenvalue weighted by molar-refractivity contribution is 6.25. The molecule has 0 aliphatic heterocycles. The van der Waals surface area contributed by atoms with Crippen LogP contribution in [0.4, 0.5) is 34.1 Å². The minimum atomic E-state index is -0.145. The second kappa shape index (κ2) is 16.0. The number of fused-ring (bicyclic) bond motifs is 11. The van der Waals surface area contributed by atoms with Crippen molar-refractivity contribution in [2.45, 2.75) is 105 Å². The molecule has 72 heavy (non-hydrogen) atoms. The molecular weight excluding hydrogens is 869 g/mol. The van der Waals surface area contributed by atoms with Crippen LogP contribution in [0.3, 0.4) is 0 Å². The Kier molecular flexibility index (Phi) is 10.2. The number of hydrogen-bond donors (Lipinski definition) is 0. The van der Waals surface area contributed by atoms with Gasteiger partial charge in [0.25, 0.3) is 0 Å². The van der Waals surface area contributed by atoms with Crippen LogP contribution >= 0.6 is 0 Å². The SMILES string of the molecule is Cc1ccc2c(N(c3ccc(C(C)(C)C)cc3)c3ccc4c(c3)C(C)(C)c3ccccc3-4)cc3c4cc(C)ccc4c(N(c4ccc(C(C)(C)C)cc4)c4ccc5c(c4)C(C)(C)c4ccccc4-5)cc3c2c1. The lowest BCUT2D eigenvalue weighted by atomic mass is 9.82. The van der Waals surface area contributed by atoms with Gasteiger partial charge in [0.05, 0.1) is 11.4 Å². The molecule has 0 saturated carbocycles. The summed E-state index contributed by atoms with van der Waals surface area (Å²) in [5.41, 5.74) is 22.6. The molecule has 0 radical (unpaired) electrons. The van der Waals surface area contributed by atoms with E-state index in [0.29, 0.717) is 0 Å². The highest BCUT2D eigenvalue weighted by Gasteiger charge is 2.38. The van der Waals surface area contributed by atoms with Gasteiger partial charge in [0.2, 0.25) is 0 Å². The van der Waals surface area contributed by atoms with Crippen LogP contribution in [0.25, 0.3) is 54.6 Å². The van der Waals surface area contributed by atoms with Gasteiger partial charge in [0.15, 0.2) is 0 Å². The Hall–Kier alpha value is -7.42. The molecule has 0 spiro atoms. The maximum atomic E-state index is 2.53. The molecule has 0 bridgehead atoms. The Bertz CT molecular complexity index is 3580. The van der Waals surface area contributed by atoms with E-state index in [9.17, 15) is 0 Å². The summed E-state index contributed by atoms with van der Waals surface area (Å²) in [7, 11) is 0. The smallest absolute Gasteiger partial charge is 0.0546 e. The molecule has 2 nitrogen and oxygen atoms in total. The molecule has 2 aliphatic rings. The number of nitrogens with zero attached hydrogens (tertiary/aromatic N) is 2. The van der Waals surface area contributed by atoms with Gasteiger partial charge >= 0.3 is 0 Å². The summed E-state index contributed by atoms with van der Waals surface area (Å²) in [4.78, 5) is 5.07. The molecule has 0 atom stereocenters.